The van der Waals surface area contributed by atoms with Gasteiger partial charge in [0, 0.05) is 12.6 Å². The third-order valence-corrected chi connectivity index (χ3v) is 2.27. The van der Waals surface area contributed by atoms with E-state index in [2.05, 4.69) is 25.3 Å². The zero-order chi connectivity index (χ0) is 15.0. The minimum absolute atomic E-state index is 0.0456. The Morgan fingerprint density at radius 2 is 2.25 bits per heavy atom. The molecule has 0 aliphatic rings. The van der Waals surface area contributed by atoms with Gasteiger partial charge in [-0.25, -0.2) is 14.6 Å². The first-order chi connectivity index (χ1) is 9.52. The molecule has 1 unspecified atom stereocenters. The normalized spacial score (nSPS) is 11.4. The smallest absolute Gasteiger partial charge is 0.407 e. The Hall–Kier alpha value is -2.58. The molecule has 110 valence electrons. The van der Waals surface area contributed by atoms with Gasteiger partial charge in [-0.1, -0.05) is 0 Å². The summed E-state index contributed by atoms with van der Waals surface area (Å²) in [6.07, 6.45) is 2.27. The van der Waals surface area contributed by atoms with Crippen molar-refractivity contribution in [2.45, 2.75) is 19.4 Å². The third kappa shape index (κ3) is 5.38. The van der Waals surface area contributed by atoms with Crippen molar-refractivity contribution in [1.82, 2.24) is 20.6 Å². The lowest BCUT2D eigenvalue weighted by atomic mass is 10.1. The number of rotatable bonds is 7. The summed E-state index contributed by atoms with van der Waals surface area (Å²) in [5.41, 5.74) is 0.510. The molecule has 1 atom stereocenters. The Balaban J connectivity index is 2.43. The number of carboxylic acid groups (broad SMARTS) is 1. The van der Waals surface area contributed by atoms with Crippen LogP contribution >= 0.6 is 0 Å². The van der Waals surface area contributed by atoms with Crippen LogP contribution in [-0.2, 0) is 20.7 Å². The zero-order valence-corrected chi connectivity index (χ0v) is 10.9. The molecule has 9 heteroatoms. The highest BCUT2D eigenvalue weighted by atomic mass is 16.5. The van der Waals surface area contributed by atoms with Gasteiger partial charge < -0.3 is 25.5 Å². The summed E-state index contributed by atoms with van der Waals surface area (Å²) < 4.78 is 4.57. The van der Waals surface area contributed by atoms with Gasteiger partial charge >= 0.3 is 12.1 Å². The lowest BCUT2D eigenvalue weighted by Gasteiger charge is -2.13. The van der Waals surface area contributed by atoms with E-state index in [4.69, 9.17) is 5.11 Å². The number of alkyl carbamates (subject to hydrolysis) is 1. The number of ether oxygens (including phenoxy) is 1. The maximum absolute atomic E-state index is 11.5. The molecule has 1 heterocycles. The van der Waals surface area contributed by atoms with E-state index in [-0.39, 0.29) is 19.6 Å². The number of amides is 2. The van der Waals surface area contributed by atoms with E-state index in [0.29, 0.717) is 5.69 Å². The topological polar surface area (TPSA) is 133 Å². The van der Waals surface area contributed by atoms with Crippen LogP contribution < -0.4 is 10.6 Å². The van der Waals surface area contributed by atoms with Crippen LogP contribution in [0.15, 0.2) is 12.5 Å². The summed E-state index contributed by atoms with van der Waals surface area (Å²) >= 11 is 0. The van der Waals surface area contributed by atoms with E-state index in [9.17, 15) is 14.4 Å². The molecule has 9 nitrogen and oxygen atoms in total. The minimum Gasteiger partial charge on any atom is -0.480 e. The van der Waals surface area contributed by atoms with Crippen molar-refractivity contribution in [3.8, 4) is 0 Å². The third-order valence-electron chi connectivity index (χ3n) is 2.27. The average molecular weight is 284 g/mol. The van der Waals surface area contributed by atoms with Crippen LogP contribution in [0.2, 0.25) is 0 Å². The van der Waals surface area contributed by atoms with Crippen LogP contribution in [0, 0.1) is 0 Å². The number of aromatic amines is 1. The van der Waals surface area contributed by atoms with Crippen molar-refractivity contribution in [3.05, 3.63) is 18.2 Å². The van der Waals surface area contributed by atoms with E-state index >= 15 is 0 Å². The van der Waals surface area contributed by atoms with Gasteiger partial charge in [0.05, 0.1) is 18.6 Å². The van der Waals surface area contributed by atoms with Crippen molar-refractivity contribution in [2.75, 3.05) is 13.2 Å². The van der Waals surface area contributed by atoms with Gasteiger partial charge in [-0.05, 0) is 6.92 Å². The SMILES string of the molecule is CCOC(=O)NCC(=O)NC(Cc1c[nH]cn1)C(=O)O. The molecule has 0 aromatic carbocycles. The largest absolute Gasteiger partial charge is 0.480 e. The van der Waals surface area contributed by atoms with Crippen LogP contribution in [0.4, 0.5) is 4.79 Å². The Kier molecular flexibility index (Phi) is 6.01. The number of hydrogen-bond acceptors (Lipinski definition) is 5. The van der Waals surface area contributed by atoms with Gasteiger partial charge in [-0.3, -0.25) is 4.79 Å². The van der Waals surface area contributed by atoms with E-state index in [1.54, 1.807) is 13.1 Å². The number of nitrogens with one attached hydrogen (secondary N) is 3. The molecule has 4 N–H and O–H groups in total. The fourth-order valence-electron chi connectivity index (χ4n) is 1.39. The number of H-pyrrole nitrogens is 1. The van der Waals surface area contributed by atoms with Crippen LogP contribution in [-0.4, -0.2) is 52.2 Å². The van der Waals surface area contributed by atoms with Gasteiger partial charge in [0.2, 0.25) is 5.91 Å². The van der Waals surface area contributed by atoms with Gasteiger partial charge in [0.15, 0.2) is 0 Å². The Labute approximate surface area is 114 Å². The second-order valence-electron chi connectivity index (χ2n) is 3.80. The van der Waals surface area contributed by atoms with Crippen molar-refractivity contribution < 1.29 is 24.2 Å². The van der Waals surface area contributed by atoms with E-state index < -0.39 is 24.0 Å². The molecule has 0 spiro atoms. The number of imidazole rings is 1. The highest BCUT2D eigenvalue weighted by Gasteiger charge is 2.21. The van der Waals surface area contributed by atoms with Crippen molar-refractivity contribution >= 4 is 18.0 Å². The first-order valence-electron chi connectivity index (χ1n) is 5.93. The molecule has 0 aliphatic carbocycles. The van der Waals surface area contributed by atoms with E-state index in [1.165, 1.54) is 6.33 Å². The fraction of sp³-hybridized carbons (Fsp3) is 0.455. The number of nitrogens with zero attached hydrogens (tertiary/aromatic N) is 1. The van der Waals surface area contributed by atoms with Crippen LogP contribution in [0.5, 0.6) is 0 Å². The monoisotopic (exact) mass is 284 g/mol. The number of hydrogen-bond donors (Lipinski definition) is 4. The highest BCUT2D eigenvalue weighted by Crippen LogP contribution is 1.98. The minimum atomic E-state index is -1.18. The van der Waals surface area contributed by atoms with E-state index in [1.807, 2.05) is 0 Å². The summed E-state index contributed by atoms with van der Waals surface area (Å²) in [6.45, 7) is 1.46. The molecule has 20 heavy (non-hydrogen) atoms. The van der Waals surface area contributed by atoms with Gasteiger partial charge in [-0.2, -0.15) is 0 Å². The molecule has 1 aromatic heterocycles. The number of carboxylic acids is 1. The maximum atomic E-state index is 11.5. The van der Waals surface area contributed by atoms with Crippen LogP contribution in [0.25, 0.3) is 0 Å². The summed E-state index contributed by atoms with van der Waals surface area (Å²) in [6, 6.07) is -1.12. The van der Waals surface area contributed by atoms with Crippen molar-refractivity contribution in [1.29, 1.82) is 0 Å². The van der Waals surface area contributed by atoms with E-state index in [0.717, 1.165) is 0 Å². The lowest BCUT2D eigenvalue weighted by molar-refractivity contribution is -0.141. The fourth-order valence-corrected chi connectivity index (χ4v) is 1.39. The van der Waals surface area contributed by atoms with Gasteiger partial charge in [-0.15, -0.1) is 0 Å². The zero-order valence-electron chi connectivity index (χ0n) is 10.9. The summed E-state index contributed by atoms with van der Waals surface area (Å²) in [5, 5.41) is 13.5. The Bertz CT molecular complexity index is 459. The second kappa shape index (κ2) is 7.77. The highest BCUT2D eigenvalue weighted by molar-refractivity contribution is 5.86. The Morgan fingerprint density at radius 3 is 2.80 bits per heavy atom. The maximum Gasteiger partial charge on any atom is 0.407 e. The number of carbonyl (C=O) groups is 3. The predicted octanol–water partition coefficient (Wildman–Crippen LogP) is -0.732. The molecule has 1 aromatic rings. The van der Waals surface area contributed by atoms with Crippen molar-refractivity contribution in [3.63, 3.8) is 0 Å². The number of carbonyl (C=O) groups excluding carboxylic acids is 2. The predicted molar refractivity (Wildman–Crippen MR) is 66.9 cm³/mol. The molecule has 0 fully saturated rings. The molecular weight excluding hydrogens is 268 g/mol. The molecule has 0 saturated carbocycles. The molecule has 0 radical (unpaired) electrons. The Morgan fingerprint density at radius 1 is 1.50 bits per heavy atom. The van der Waals surface area contributed by atoms with Crippen LogP contribution in [0.1, 0.15) is 12.6 Å². The van der Waals surface area contributed by atoms with Crippen LogP contribution in [0.3, 0.4) is 0 Å². The van der Waals surface area contributed by atoms with Gasteiger partial charge in [0.25, 0.3) is 0 Å². The standard InChI is InChI=1S/C11H16N4O5/c1-2-20-11(19)13-5-9(16)15-8(10(17)18)3-7-4-12-6-14-7/h4,6,8H,2-3,5H2,1H3,(H,12,14)(H,13,19)(H,15,16)(H,17,18). The number of aliphatic carboxylic acids is 1. The van der Waals surface area contributed by atoms with Gasteiger partial charge in [0.1, 0.15) is 12.6 Å². The molecule has 0 bridgehead atoms. The summed E-state index contributed by atoms with van der Waals surface area (Å²) in [4.78, 5) is 40.1. The molecule has 0 saturated heterocycles. The number of aromatic nitrogens is 2. The first-order valence-corrected chi connectivity index (χ1v) is 5.93. The molecular formula is C11H16N4O5. The molecule has 1 rings (SSSR count). The summed E-state index contributed by atoms with van der Waals surface area (Å²) in [7, 11) is 0. The average Bonchev–Trinajstić information content (AvgIpc) is 2.89. The first kappa shape index (κ1) is 15.5. The van der Waals surface area contributed by atoms with Crippen molar-refractivity contribution in [2.24, 2.45) is 0 Å². The summed E-state index contributed by atoms with van der Waals surface area (Å²) in [5.74, 6) is -1.81. The molecule has 2 amide bonds. The molecule has 0 aliphatic heterocycles. The lowest BCUT2D eigenvalue weighted by Crippen LogP contribution is -2.46. The quantitative estimate of drug-likeness (QED) is 0.521. The second-order valence-corrected chi connectivity index (χ2v) is 3.80.